The second-order valence-corrected chi connectivity index (χ2v) is 4.87. The molecule has 3 rings (SSSR count). The van der Waals surface area contributed by atoms with E-state index in [0.717, 1.165) is 0 Å². The van der Waals surface area contributed by atoms with Crippen LogP contribution in [0.25, 0.3) is 11.0 Å². The SMILES string of the molecule is CC.C[C@H]1O[C@@H](n2cc(C(N)=O)c3c(N)ncnc32)C[C@@H]1O. The number of nitrogens with two attached hydrogens (primary N) is 2. The molecule has 0 unspecified atom stereocenters. The molecule has 8 nitrogen and oxygen atoms in total. The highest BCUT2D eigenvalue weighted by molar-refractivity contribution is 6.08. The van der Waals surface area contributed by atoms with E-state index in [1.165, 1.54) is 6.33 Å². The van der Waals surface area contributed by atoms with Gasteiger partial charge in [0.1, 0.15) is 24.0 Å². The van der Waals surface area contributed by atoms with Crippen molar-refractivity contribution in [1.82, 2.24) is 14.5 Å². The van der Waals surface area contributed by atoms with Gasteiger partial charge in [-0.25, -0.2) is 9.97 Å². The maximum absolute atomic E-state index is 11.5. The largest absolute Gasteiger partial charge is 0.390 e. The van der Waals surface area contributed by atoms with Crippen LogP contribution < -0.4 is 11.5 Å². The molecule has 3 heterocycles. The molecular weight excluding hydrogens is 286 g/mol. The van der Waals surface area contributed by atoms with Crippen molar-refractivity contribution in [3.8, 4) is 0 Å². The number of carbonyl (C=O) groups is 1. The minimum absolute atomic E-state index is 0.189. The Kier molecular flexibility index (Phi) is 4.62. The third-order valence-electron chi connectivity index (χ3n) is 3.57. The summed E-state index contributed by atoms with van der Waals surface area (Å²) in [5, 5.41) is 10.2. The molecule has 120 valence electrons. The van der Waals surface area contributed by atoms with Crippen LogP contribution in [0.3, 0.4) is 0 Å². The topological polar surface area (TPSA) is 129 Å². The summed E-state index contributed by atoms with van der Waals surface area (Å²) in [5.74, 6) is -0.420. The van der Waals surface area contributed by atoms with Crippen LogP contribution in [0.5, 0.6) is 0 Å². The first-order valence-corrected chi connectivity index (χ1v) is 7.23. The van der Waals surface area contributed by atoms with E-state index in [1.54, 1.807) is 17.7 Å². The number of rotatable bonds is 2. The van der Waals surface area contributed by atoms with Crippen LogP contribution in [-0.2, 0) is 4.74 Å². The number of nitrogens with zero attached hydrogens (tertiary/aromatic N) is 3. The normalized spacial score (nSPS) is 24.1. The molecule has 1 fully saturated rings. The molecule has 2 aromatic heterocycles. The Morgan fingerprint density at radius 2 is 2.14 bits per heavy atom. The number of primary amides is 1. The van der Waals surface area contributed by atoms with E-state index in [9.17, 15) is 9.90 Å². The molecule has 2 aromatic rings. The zero-order valence-electron chi connectivity index (χ0n) is 12.9. The molecular formula is C14H21N5O3. The predicted molar refractivity (Wildman–Crippen MR) is 82.0 cm³/mol. The lowest BCUT2D eigenvalue weighted by Gasteiger charge is -2.13. The van der Waals surface area contributed by atoms with Crippen LogP contribution in [0, 0.1) is 0 Å². The molecule has 0 radical (unpaired) electrons. The number of amides is 1. The highest BCUT2D eigenvalue weighted by atomic mass is 16.5. The summed E-state index contributed by atoms with van der Waals surface area (Å²) in [6, 6.07) is 0. The number of hydrogen-bond donors (Lipinski definition) is 3. The van der Waals surface area contributed by atoms with E-state index in [4.69, 9.17) is 16.2 Å². The maximum Gasteiger partial charge on any atom is 0.251 e. The molecule has 1 aliphatic heterocycles. The van der Waals surface area contributed by atoms with Gasteiger partial charge in [0, 0.05) is 12.6 Å². The molecule has 22 heavy (non-hydrogen) atoms. The summed E-state index contributed by atoms with van der Waals surface area (Å²) < 4.78 is 7.33. The first-order chi connectivity index (χ1) is 10.5. The lowest BCUT2D eigenvalue weighted by molar-refractivity contribution is -0.00611. The van der Waals surface area contributed by atoms with Crippen molar-refractivity contribution in [3.05, 3.63) is 18.1 Å². The van der Waals surface area contributed by atoms with E-state index in [2.05, 4.69) is 9.97 Å². The molecule has 0 aliphatic carbocycles. The number of anilines is 1. The zero-order valence-corrected chi connectivity index (χ0v) is 12.9. The summed E-state index contributed by atoms with van der Waals surface area (Å²) in [6.07, 6.45) is 2.01. The summed E-state index contributed by atoms with van der Waals surface area (Å²) in [4.78, 5) is 19.5. The van der Waals surface area contributed by atoms with Gasteiger partial charge in [-0.05, 0) is 6.92 Å². The van der Waals surface area contributed by atoms with Crippen molar-refractivity contribution < 1.29 is 14.6 Å². The van der Waals surface area contributed by atoms with Crippen LogP contribution in [0.15, 0.2) is 12.5 Å². The third kappa shape index (κ3) is 2.62. The Bertz CT molecular complexity index is 674. The molecule has 0 saturated carbocycles. The standard InChI is InChI=1S/C12H15N5O3.C2H6/c1-5-7(18)2-8(20-5)17-3-6(11(14)19)9-10(13)15-4-16-12(9)17;1-2/h3-5,7-8,18H,2H2,1H3,(H2,14,19)(H2,13,15,16);1-2H3/t5-,7+,8-;/m1./s1. The van der Waals surface area contributed by atoms with Gasteiger partial charge in [-0.2, -0.15) is 0 Å². The number of ether oxygens (including phenoxy) is 1. The van der Waals surface area contributed by atoms with Crippen molar-refractivity contribution >= 4 is 22.8 Å². The number of nitrogen functional groups attached to an aromatic ring is 1. The van der Waals surface area contributed by atoms with Crippen molar-refractivity contribution in [2.45, 2.75) is 45.6 Å². The van der Waals surface area contributed by atoms with Gasteiger partial charge in [0.05, 0.1) is 23.2 Å². The van der Waals surface area contributed by atoms with Crippen molar-refractivity contribution in [3.63, 3.8) is 0 Å². The van der Waals surface area contributed by atoms with Crippen molar-refractivity contribution in [2.24, 2.45) is 5.73 Å². The van der Waals surface area contributed by atoms with E-state index in [0.29, 0.717) is 17.5 Å². The fourth-order valence-electron chi connectivity index (χ4n) is 2.49. The Morgan fingerprint density at radius 3 is 2.68 bits per heavy atom. The van der Waals surface area contributed by atoms with Crippen LogP contribution in [0.2, 0.25) is 0 Å². The van der Waals surface area contributed by atoms with Crippen LogP contribution in [-0.4, -0.2) is 37.8 Å². The van der Waals surface area contributed by atoms with Crippen molar-refractivity contribution in [2.75, 3.05) is 5.73 Å². The summed E-state index contributed by atoms with van der Waals surface area (Å²) >= 11 is 0. The minimum Gasteiger partial charge on any atom is -0.390 e. The fraction of sp³-hybridized carbons (Fsp3) is 0.500. The average molecular weight is 307 g/mol. The molecule has 0 bridgehead atoms. The second-order valence-electron chi connectivity index (χ2n) is 4.87. The Morgan fingerprint density at radius 1 is 1.45 bits per heavy atom. The summed E-state index contributed by atoms with van der Waals surface area (Å²) in [7, 11) is 0. The van der Waals surface area contributed by atoms with Gasteiger partial charge in [-0.3, -0.25) is 4.79 Å². The number of carbonyl (C=O) groups excluding carboxylic acids is 1. The minimum atomic E-state index is -0.609. The zero-order chi connectivity index (χ0) is 16.4. The van der Waals surface area contributed by atoms with Gasteiger partial charge in [-0.15, -0.1) is 0 Å². The molecule has 1 saturated heterocycles. The number of hydrogen-bond acceptors (Lipinski definition) is 6. The van der Waals surface area contributed by atoms with E-state index < -0.39 is 18.2 Å². The first-order valence-electron chi connectivity index (χ1n) is 7.23. The van der Waals surface area contributed by atoms with Crippen LogP contribution in [0.1, 0.15) is 43.8 Å². The van der Waals surface area contributed by atoms with Crippen molar-refractivity contribution in [1.29, 1.82) is 0 Å². The van der Waals surface area contributed by atoms with Crippen LogP contribution >= 0.6 is 0 Å². The number of aliphatic hydroxyl groups excluding tert-OH is 1. The third-order valence-corrected chi connectivity index (χ3v) is 3.57. The molecule has 1 amide bonds. The first kappa shape index (κ1) is 16.2. The maximum atomic E-state index is 11.5. The highest BCUT2D eigenvalue weighted by Gasteiger charge is 2.33. The number of aliphatic hydroxyl groups is 1. The van der Waals surface area contributed by atoms with E-state index >= 15 is 0 Å². The molecule has 8 heteroatoms. The van der Waals surface area contributed by atoms with Gasteiger partial charge in [0.25, 0.3) is 5.91 Å². The lowest BCUT2D eigenvalue weighted by atomic mass is 10.2. The quantitative estimate of drug-likeness (QED) is 0.752. The number of fused-ring (bicyclic) bond motifs is 1. The Balaban J connectivity index is 0.000000847. The van der Waals surface area contributed by atoms with Gasteiger partial charge in [-0.1, -0.05) is 13.8 Å². The molecule has 1 aliphatic rings. The average Bonchev–Trinajstić information content (AvgIpc) is 3.03. The fourth-order valence-corrected chi connectivity index (χ4v) is 2.49. The van der Waals surface area contributed by atoms with Gasteiger partial charge in [0.15, 0.2) is 0 Å². The monoisotopic (exact) mass is 307 g/mol. The number of aromatic nitrogens is 3. The summed E-state index contributed by atoms with van der Waals surface area (Å²) in [6.45, 7) is 5.79. The second kappa shape index (κ2) is 6.29. The summed E-state index contributed by atoms with van der Waals surface area (Å²) in [5.41, 5.74) is 11.9. The lowest BCUT2D eigenvalue weighted by Crippen LogP contribution is -2.15. The molecule has 0 aromatic carbocycles. The Labute approximate surface area is 128 Å². The van der Waals surface area contributed by atoms with Gasteiger partial charge < -0.3 is 25.9 Å². The molecule has 0 spiro atoms. The van der Waals surface area contributed by atoms with Gasteiger partial charge in [0.2, 0.25) is 0 Å². The predicted octanol–water partition coefficient (Wildman–Crippen LogP) is 0.807. The highest BCUT2D eigenvalue weighted by Crippen LogP contribution is 2.33. The van der Waals surface area contributed by atoms with Crippen LogP contribution in [0.4, 0.5) is 5.82 Å². The Hall–Kier alpha value is -2.19. The van der Waals surface area contributed by atoms with Gasteiger partial charge >= 0.3 is 0 Å². The molecule has 5 N–H and O–H groups in total. The van der Waals surface area contributed by atoms with E-state index in [-0.39, 0.29) is 17.5 Å². The van der Waals surface area contributed by atoms with E-state index in [1.807, 2.05) is 13.8 Å². The smallest absolute Gasteiger partial charge is 0.251 e. The molecule has 3 atom stereocenters.